The summed E-state index contributed by atoms with van der Waals surface area (Å²) in [7, 11) is 0. The highest BCUT2D eigenvalue weighted by atomic mass is 16.4. The van der Waals surface area contributed by atoms with Crippen LogP contribution in [0, 0.1) is 5.92 Å². The first-order chi connectivity index (χ1) is 7.66. The van der Waals surface area contributed by atoms with E-state index in [-0.39, 0.29) is 17.4 Å². The first-order valence-corrected chi connectivity index (χ1v) is 5.33. The molecule has 1 amide bonds. The number of fused-ring (bicyclic) bond motifs is 1. The van der Waals surface area contributed by atoms with Crippen LogP contribution >= 0.6 is 0 Å². The number of carbonyl (C=O) groups is 2. The van der Waals surface area contributed by atoms with Crippen molar-refractivity contribution in [1.82, 2.24) is 0 Å². The Kier molecular flexibility index (Phi) is 1.80. The maximum atomic E-state index is 11.8. The molecule has 0 unspecified atom stereocenters. The molecule has 1 aromatic rings. The molecule has 16 heavy (non-hydrogen) atoms. The van der Waals surface area contributed by atoms with E-state index in [0.29, 0.717) is 6.04 Å². The van der Waals surface area contributed by atoms with Crippen molar-refractivity contribution in [3.05, 3.63) is 29.8 Å². The molecule has 82 valence electrons. The number of aromatic carboxylic acids is 1. The first-order valence-electron chi connectivity index (χ1n) is 5.33. The Morgan fingerprint density at radius 2 is 1.88 bits per heavy atom. The zero-order valence-electron chi connectivity index (χ0n) is 8.59. The number of hydrogen-bond acceptors (Lipinski definition) is 2. The van der Waals surface area contributed by atoms with Crippen molar-refractivity contribution in [3.63, 3.8) is 0 Å². The van der Waals surface area contributed by atoms with Crippen LogP contribution in [-0.2, 0) is 4.79 Å². The Bertz CT molecular complexity index is 460. The SMILES string of the molecule is O=C(O)c1ccc(N2C(=O)C3CC2C3)cc1. The smallest absolute Gasteiger partial charge is 0.335 e. The van der Waals surface area contributed by atoms with Gasteiger partial charge in [0.25, 0.3) is 0 Å². The van der Waals surface area contributed by atoms with E-state index in [1.54, 1.807) is 29.2 Å². The molecular formula is C12H11NO3. The van der Waals surface area contributed by atoms with Gasteiger partial charge in [-0.15, -0.1) is 0 Å². The number of amides is 1. The van der Waals surface area contributed by atoms with Crippen molar-refractivity contribution in [1.29, 1.82) is 0 Å². The van der Waals surface area contributed by atoms with Gasteiger partial charge in [0.15, 0.2) is 0 Å². The number of hydrogen-bond donors (Lipinski definition) is 1. The number of rotatable bonds is 2. The fraction of sp³-hybridized carbons (Fsp3) is 0.333. The number of carboxylic acids is 1. The average molecular weight is 217 g/mol. The molecule has 1 saturated carbocycles. The second-order valence-corrected chi connectivity index (χ2v) is 4.38. The van der Waals surface area contributed by atoms with E-state index in [1.165, 1.54) is 0 Å². The minimum atomic E-state index is -0.941. The van der Waals surface area contributed by atoms with E-state index in [1.807, 2.05) is 0 Å². The molecular weight excluding hydrogens is 206 g/mol. The van der Waals surface area contributed by atoms with Gasteiger partial charge >= 0.3 is 5.97 Å². The molecule has 0 radical (unpaired) electrons. The fourth-order valence-electron chi connectivity index (χ4n) is 2.48. The van der Waals surface area contributed by atoms with Gasteiger partial charge in [0.05, 0.1) is 5.56 Å². The van der Waals surface area contributed by atoms with Crippen LogP contribution in [0.5, 0.6) is 0 Å². The number of carboxylic acid groups (broad SMARTS) is 1. The zero-order chi connectivity index (χ0) is 11.3. The highest BCUT2D eigenvalue weighted by Crippen LogP contribution is 2.44. The molecule has 1 aromatic carbocycles. The highest BCUT2D eigenvalue weighted by molar-refractivity contribution is 6.01. The number of carbonyl (C=O) groups excluding carboxylic acids is 1. The van der Waals surface area contributed by atoms with Crippen LogP contribution in [0.25, 0.3) is 0 Å². The van der Waals surface area contributed by atoms with Gasteiger partial charge in [-0.2, -0.15) is 0 Å². The lowest BCUT2D eigenvalue weighted by Gasteiger charge is -2.24. The normalized spacial score (nSPS) is 26.8. The van der Waals surface area contributed by atoms with Crippen molar-refractivity contribution in [3.8, 4) is 0 Å². The van der Waals surface area contributed by atoms with Crippen molar-refractivity contribution >= 4 is 17.6 Å². The van der Waals surface area contributed by atoms with Crippen molar-refractivity contribution in [2.24, 2.45) is 5.92 Å². The molecule has 0 atom stereocenters. The number of benzene rings is 1. The Morgan fingerprint density at radius 1 is 1.25 bits per heavy atom. The molecule has 4 rings (SSSR count). The van der Waals surface area contributed by atoms with Gasteiger partial charge in [-0.3, -0.25) is 4.79 Å². The summed E-state index contributed by atoms with van der Waals surface area (Å²) in [5.74, 6) is -0.541. The van der Waals surface area contributed by atoms with E-state index in [0.717, 1.165) is 18.5 Å². The highest BCUT2D eigenvalue weighted by Gasteiger charge is 2.50. The summed E-state index contributed by atoms with van der Waals surface area (Å²) in [5, 5.41) is 8.77. The van der Waals surface area contributed by atoms with E-state index >= 15 is 0 Å². The standard InChI is InChI=1S/C12H11NO3/c14-11-8-5-10(6-8)13(11)9-3-1-7(2-4-9)12(15)16/h1-4,8,10H,5-6H2,(H,15,16). The second-order valence-electron chi connectivity index (χ2n) is 4.38. The van der Waals surface area contributed by atoms with Gasteiger partial charge in [-0.25, -0.2) is 4.79 Å². The van der Waals surface area contributed by atoms with Gasteiger partial charge in [0, 0.05) is 17.6 Å². The van der Waals surface area contributed by atoms with Gasteiger partial charge in [-0.05, 0) is 37.1 Å². The quantitative estimate of drug-likeness (QED) is 0.816. The summed E-state index contributed by atoms with van der Waals surface area (Å²) in [6.45, 7) is 0. The van der Waals surface area contributed by atoms with Crippen LogP contribution in [0.15, 0.2) is 24.3 Å². The molecule has 4 nitrogen and oxygen atoms in total. The van der Waals surface area contributed by atoms with Crippen molar-refractivity contribution in [2.75, 3.05) is 4.90 Å². The monoisotopic (exact) mass is 217 g/mol. The van der Waals surface area contributed by atoms with Gasteiger partial charge in [-0.1, -0.05) is 0 Å². The minimum Gasteiger partial charge on any atom is -0.478 e. The Labute approximate surface area is 92.5 Å². The molecule has 1 aliphatic carbocycles. The van der Waals surface area contributed by atoms with E-state index < -0.39 is 5.97 Å². The van der Waals surface area contributed by atoms with Crippen molar-refractivity contribution < 1.29 is 14.7 Å². The predicted octanol–water partition coefficient (Wildman–Crippen LogP) is 1.51. The van der Waals surface area contributed by atoms with Gasteiger partial charge in [0.2, 0.25) is 5.91 Å². The Hall–Kier alpha value is -1.84. The maximum absolute atomic E-state index is 11.8. The minimum absolute atomic E-state index is 0.188. The van der Waals surface area contributed by atoms with Gasteiger partial charge < -0.3 is 10.0 Å². The lowest BCUT2D eigenvalue weighted by molar-refractivity contribution is -0.119. The van der Waals surface area contributed by atoms with E-state index in [9.17, 15) is 9.59 Å². The molecule has 2 aliphatic heterocycles. The molecule has 4 heteroatoms. The fourth-order valence-corrected chi connectivity index (χ4v) is 2.48. The third-order valence-corrected chi connectivity index (χ3v) is 3.46. The Morgan fingerprint density at radius 3 is 2.31 bits per heavy atom. The molecule has 3 fully saturated rings. The van der Waals surface area contributed by atoms with Crippen molar-refractivity contribution in [2.45, 2.75) is 18.9 Å². The lowest BCUT2D eigenvalue weighted by Crippen LogP contribution is -2.29. The molecule has 2 saturated heterocycles. The largest absolute Gasteiger partial charge is 0.478 e. The van der Waals surface area contributed by atoms with E-state index in [2.05, 4.69) is 0 Å². The average Bonchev–Trinajstić information content (AvgIpc) is 2.69. The summed E-state index contributed by atoms with van der Waals surface area (Å²) in [4.78, 5) is 24.3. The lowest BCUT2D eigenvalue weighted by atomic mass is 9.86. The molecule has 1 N–H and O–H groups in total. The van der Waals surface area contributed by atoms with Crippen LogP contribution in [-0.4, -0.2) is 23.0 Å². The summed E-state index contributed by atoms with van der Waals surface area (Å²) in [6.07, 6.45) is 1.92. The van der Waals surface area contributed by atoms with Crippen LogP contribution in [0.4, 0.5) is 5.69 Å². The first kappa shape index (κ1) is 9.39. The number of nitrogens with zero attached hydrogens (tertiary/aromatic N) is 1. The zero-order valence-corrected chi connectivity index (χ0v) is 8.59. The topological polar surface area (TPSA) is 57.6 Å². The predicted molar refractivity (Wildman–Crippen MR) is 57.4 cm³/mol. The third-order valence-electron chi connectivity index (χ3n) is 3.46. The van der Waals surface area contributed by atoms with Gasteiger partial charge in [0.1, 0.15) is 0 Å². The molecule has 0 spiro atoms. The Balaban J connectivity index is 1.90. The summed E-state index contributed by atoms with van der Waals surface area (Å²) in [5.41, 5.74) is 1.07. The molecule has 3 aliphatic rings. The molecule has 2 heterocycles. The van der Waals surface area contributed by atoms with Crippen LogP contribution in [0.1, 0.15) is 23.2 Å². The molecule has 2 bridgehead atoms. The third kappa shape index (κ3) is 1.16. The van der Waals surface area contributed by atoms with Crippen LogP contribution in [0.2, 0.25) is 0 Å². The van der Waals surface area contributed by atoms with Crippen LogP contribution < -0.4 is 4.90 Å². The second kappa shape index (κ2) is 3.07. The summed E-state index contributed by atoms with van der Waals surface area (Å²) < 4.78 is 0. The van der Waals surface area contributed by atoms with E-state index in [4.69, 9.17) is 5.11 Å². The molecule has 0 aromatic heterocycles. The summed E-state index contributed by atoms with van der Waals surface area (Å²) in [6, 6.07) is 6.85. The van der Waals surface area contributed by atoms with Crippen LogP contribution in [0.3, 0.4) is 0 Å². The number of anilines is 1. The maximum Gasteiger partial charge on any atom is 0.335 e. The summed E-state index contributed by atoms with van der Waals surface area (Å²) >= 11 is 0.